The first-order valence-corrected chi connectivity index (χ1v) is 13.6. The summed E-state index contributed by atoms with van der Waals surface area (Å²) in [6.07, 6.45) is 13.4. The number of nitrogens with zero attached hydrogens (tertiary/aromatic N) is 5. The third-order valence-corrected chi connectivity index (χ3v) is 8.16. The Morgan fingerprint density at radius 2 is 1.67 bits per heavy atom. The summed E-state index contributed by atoms with van der Waals surface area (Å²) in [5.41, 5.74) is 8.16. The second-order valence-electron chi connectivity index (χ2n) is 10.8. The molecule has 190 valence electrons. The summed E-state index contributed by atoms with van der Waals surface area (Å²) in [4.78, 5) is 7.61. The minimum Gasteiger partial charge on any atom is -0.377 e. The van der Waals surface area contributed by atoms with E-state index in [0.717, 1.165) is 30.4 Å². The van der Waals surface area contributed by atoms with Gasteiger partial charge in [-0.25, -0.2) is 4.98 Å². The van der Waals surface area contributed by atoms with Gasteiger partial charge in [0.25, 0.3) is 0 Å². The van der Waals surface area contributed by atoms with E-state index in [1.165, 1.54) is 44.0 Å². The molecule has 5 nitrogen and oxygen atoms in total. The summed E-state index contributed by atoms with van der Waals surface area (Å²) < 4.78 is 7.11. The van der Waals surface area contributed by atoms with E-state index in [4.69, 9.17) is 4.98 Å². The van der Waals surface area contributed by atoms with Crippen molar-refractivity contribution in [3.8, 4) is 11.6 Å². The lowest BCUT2D eigenvalue weighted by Crippen LogP contribution is -2.16. The van der Waals surface area contributed by atoms with Crippen molar-refractivity contribution in [1.29, 1.82) is 0 Å². The first kappa shape index (κ1) is 22.2. The van der Waals surface area contributed by atoms with Gasteiger partial charge in [-0.2, -0.15) is 0 Å². The molecule has 0 amide bonds. The molecule has 0 saturated heterocycles. The summed E-state index contributed by atoms with van der Waals surface area (Å²) in [5.74, 6) is 1.42. The molecule has 0 bridgehead atoms. The van der Waals surface area contributed by atoms with Gasteiger partial charge >= 0.3 is 0 Å². The second-order valence-corrected chi connectivity index (χ2v) is 10.8. The quantitative estimate of drug-likeness (QED) is 0.249. The molecule has 0 N–H and O–H groups in total. The molecule has 8 rings (SSSR count). The van der Waals surface area contributed by atoms with Crippen molar-refractivity contribution in [2.45, 2.75) is 13.5 Å². The number of rotatable bonds is 3. The van der Waals surface area contributed by atoms with Crippen molar-refractivity contribution in [3.63, 3.8) is 0 Å². The van der Waals surface area contributed by atoms with E-state index >= 15 is 0 Å². The van der Waals surface area contributed by atoms with Crippen LogP contribution in [0.3, 0.4) is 0 Å². The smallest absolute Gasteiger partial charge is 0.215 e. The maximum atomic E-state index is 5.42. The predicted octanol–water partition coefficient (Wildman–Crippen LogP) is 7.43. The molecule has 2 aliphatic heterocycles. The standard InChI is InChI=1S/C34H29N5/c1-23-12-14-31-32(24-16-19-36(2)20-17-24)35-34(38(31)22-23)39-30-11-7-6-10-26(30)27-13-15-29-28(33(27)39)18-21-37(29)25-8-4-3-5-9-25/h3-19,21,23H,20,22H2,1-2H3. The van der Waals surface area contributed by atoms with Crippen molar-refractivity contribution in [2.24, 2.45) is 5.92 Å². The molecule has 5 heteroatoms. The van der Waals surface area contributed by atoms with Gasteiger partial charge < -0.3 is 14.0 Å². The van der Waals surface area contributed by atoms with Gasteiger partial charge in [-0.1, -0.05) is 61.5 Å². The van der Waals surface area contributed by atoms with Gasteiger partial charge in [-0.15, -0.1) is 0 Å². The van der Waals surface area contributed by atoms with Crippen LogP contribution in [0.4, 0.5) is 0 Å². The van der Waals surface area contributed by atoms with E-state index in [0.29, 0.717) is 5.92 Å². The van der Waals surface area contributed by atoms with Gasteiger partial charge in [0.15, 0.2) is 0 Å². The molecule has 0 aliphatic carbocycles. The van der Waals surface area contributed by atoms with Crippen molar-refractivity contribution >= 4 is 44.4 Å². The van der Waals surface area contributed by atoms with Gasteiger partial charge in [-0.05, 0) is 54.6 Å². The van der Waals surface area contributed by atoms with Crippen LogP contribution in [0.1, 0.15) is 18.3 Å². The van der Waals surface area contributed by atoms with Crippen LogP contribution in [-0.4, -0.2) is 37.2 Å². The third-order valence-electron chi connectivity index (χ3n) is 8.16. The van der Waals surface area contributed by atoms with Crippen molar-refractivity contribution in [2.75, 3.05) is 13.6 Å². The molecule has 1 atom stereocenters. The minimum absolute atomic E-state index is 0.438. The summed E-state index contributed by atoms with van der Waals surface area (Å²) in [6, 6.07) is 26.1. The van der Waals surface area contributed by atoms with E-state index in [1.807, 2.05) is 0 Å². The van der Waals surface area contributed by atoms with E-state index in [2.05, 4.69) is 142 Å². The van der Waals surface area contributed by atoms with Crippen molar-refractivity contribution in [1.82, 2.24) is 23.6 Å². The zero-order chi connectivity index (χ0) is 26.1. The number of aromatic nitrogens is 4. The average molecular weight is 508 g/mol. The molecule has 0 radical (unpaired) electrons. The van der Waals surface area contributed by atoms with E-state index in [9.17, 15) is 0 Å². The molecule has 0 spiro atoms. The van der Waals surface area contributed by atoms with E-state index < -0.39 is 0 Å². The van der Waals surface area contributed by atoms with Gasteiger partial charge in [-0.3, -0.25) is 4.57 Å². The largest absolute Gasteiger partial charge is 0.377 e. The van der Waals surface area contributed by atoms with Crippen LogP contribution in [0, 0.1) is 5.92 Å². The minimum atomic E-state index is 0.438. The fourth-order valence-corrected chi connectivity index (χ4v) is 6.24. The van der Waals surface area contributed by atoms with Crippen LogP contribution >= 0.6 is 0 Å². The molecule has 6 aromatic rings. The third kappa shape index (κ3) is 3.29. The monoisotopic (exact) mass is 507 g/mol. The lowest BCUT2D eigenvalue weighted by Gasteiger charge is -2.20. The van der Waals surface area contributed by atoms with Crippen LogP contribution < -0.4 is 0 Å². The zero-order valence-corrected chi connectivity index (χ0v) is 22.1. The van der Waals surface area contributed by atoms with E-state index in [-0.39, 0.29) is 0 Å². The van der Waals surface area contributed by atoms with Crippen molar-refractivity contribution < 1.29 is 0 Å². The Balaban J connectivity index is 1.46. The highest BCUT2D eigenvalue weighted by Gasteiger charge is 2.26. The first-order chi connectivity index (χ1) is 19.2. The van der Waals surface area contributed by atoms with Crippen LogP contribution in [0.5, 0.6) is 0 Å². The summed E-state index contributed by atoms with van der Waals surface area (Å²) >= 11 is 0. The Morgan fingerprint density at radius 3 is 2.51 bits per heavy atom. The Kier molecular flexibility index (Phi) is 4.77. The molecule has 3 aromatic carbocycles. The molecular formula is C34H29N5. The Hall–Kier alpha value is -4.77. The number of imidazole rings is 1. The highest BCUT2D eigenvalue weighted by molar-refractivity contribution is 6.18. The number of allylic oxidation sites excluding steroid dienone is 3. The van der Waals surface area contributed by atoms with E-state index in [1.54, 1.807) is 0 Å². The zero-order valence-electron chi connectivity index (χ0n) is 22.1. The predicted molar refractivity (Wildman–Crippen MR) is 161 cm³/mol. The number of hydrogen-bond acceptors (Lipinski definition) is 2. The highest BCUT2D eigenvalue weighted by atomic mass is 15.3. The molecule has 39 heavy (non-hydrogen) atoms. The fourth-order valence-electron chi connectivity index (χ4n) is 6.24. The summed E-state index contributed by atoms with van der Waals surface area (Å²) in [7, 11) is 2.10. The molecule has 5 heterocycles. The molecule has 0 fully saturated rings. The van der Waals surface area contributed by atoms with Crippen LogP contribution in [0.2, 0.25) is 0 Å². The summed E-state index contributed by atoms with van der Waals surface area (Å²) in [6.45, 7) is 4.07. The Morgan fingerprint density at radius 1 is 0.821 bits per heavy atom. The molecule has 2 aliphatic rings. The lowest BCUT2D eigenvalue weighted by molar-refractivity contribution is 0.506. The number of hydrogen-bond donors (Lipinski definition) is 0. The number of likely N-dealkylation sites (N-methyl/N-ethyl adjacent to an activating group) is 1. The maximum absolute atomic E-state index is 5.42. The maximum Gasteiger partial charge on any atom is 0.215 e. The lowest BCUT2D eigenvalue weighted by atomic mass is 10.0. The molecular weight excluding hydrogens is 478 g/mol. The van der Waals surface area contributed by atoms with Gasteiger partial charge in [0.05, 0.1) is 27.9 Å². The SMILES string of the molecule is CC1C=Cc2c(C3=CCN(C)C=C3)nc(-n3c4ccccc4c4ccc5c(ccn5-c5ccccc5)c43)n2C1. The average Bonchev–Trinajstić information content (AvgIpc) is 3.65. The van der Waals surface area contributed by atoms with Crippen LogP contribution in [0.25, 0.3) is 56.0 Å². The highest BCUT2D eigenvalue weighted by Crippen LogP contribution is 2.39. The molecule has 0 saturated carbocycles. The summed E-state index contributed by atoms with van der Waals surface area (Å²) in [5, 5.41) is 3.73. The normalized spacial score (nSPS) is 16.9. The number of fused-ring (bicyclic) bond motifs is 6. The fraction of sp³-hybridized carbons (Fsp3) is 0.147. The topological polar surface area (TPSA) is 30.9 Å². The van der Waals surface area contributed by atoms with Crippen LogP contribution in [0.15, 0.2) is 103 Å². The Bertz CT molecular complexity index is 1990. The Labute approximate surface area is 227 Å². The van der Waals surface area contributed by atoms with Gasteiger partial charge in [0.2, 0.25) is 5.95 Å². The van der Waals surface area contributed by atoms with Gasteiger partial charge in [0, 0.05) is 53.8 Å². The number of benzene rings is 3. The molecule has 1 unspecified atom stereocenters. The van der Waals surface area contributed by atoms with Crippen molar-refractivity contribution in [3.05, 3.63) is 115 Å². The second kappa shape index (κ2) is 8.37. The molecule has 3 aromatic heterocycles. The number of para-hydroxylation sites is 2. The first-order valence-electron chi connectivity index (χ1n) is 13.6. The van der Waals surface area contributed by atoms with Gasteiger partial charge in [0.1, 0.15) is 0 Å². The van der Waals surface area contributed by atoms with Crippen LogP contribution in [-0.2, 0) is 6.54 Å².